The van der Waals surface area contributed by atoms with Crippen molar-refractivity contribution < 1.29 is 18.3 Å². The van der Waals surface area contributed by atoms with Crippen molar-refractivity contribution >= 4 is 11.6 Å². The molecule has 0 saturated carbocycles. The maximum absolute atomic E-state index is 13.6. The lowest BCUT2D eigenvalue weighted by atomic mass is 10.1. The highest BCUT2D eigenvalue weighted by atomic mass is 19.1. The van der Waals surface area contributed by atoms with Crippen LogP contribution in [0, 0.1) is 12.7 Å². The molecule has 0 unspecified atom stereocenters. The van der Waals surface area contributed by atoms with Crippen molar-refractivity contribution in [2.45, 2.75) is 39.3 Å². The number of rotatable bonds is 10. The minimum absolute atomic E-state index is 0.0868. The predicted octanol–water partition coefficient (Wildman–Crippen LogP) is 4.57. The van der Waals surface area contributed by atoms with Crippen LogP contribution in [0.25, 0.3) is 0 Å². The van der Waals surface area contributed by atoms with Gasteiger partial charge in [0.15, 0.2) is 12.3 Å². The molecule has 2 aromatic carbocycles. The van der Waals surface area contributed by atoms with Gasteiger partial charge in [-0.25, -0.2) is 9.37 Å². The number of amides is 1. The van der Waals surface area contributed by atoms with Crippen LogP contribution < -0.4 is 10.1 Å². The van der Waals surface area contributed by atoms with E-state index in [1.807, 2.05) is 35.1 Å². The summed E-state index contributed by atoms with van der Waals surface area (Å²) in [6, 6.07) is 12.3. The average molecular weight is 449 g/mol. The van der Waals surface area contributed by atoms with Gasteiger partial charge < -0.3 is 14.5 Å². The topological polar surface area (TPSA) is 95.1 Å². The molecule has 0 aliphatic heterocycles. The molecule has 0 fully saturated rings. The summed E-state index contributed by atoms with van der Waals surface area (Å²) in [5.74, 6) is 0.0842. The maximum atomic E-state index is 13.6. The van der Waals surface area contributed by atoms with Crippen molar-refractivity contribution in [3.05, 3.63) is 89.7 Å². The molecule has 0 aliphatic carbocycles. The molecule has 4 aromatic rings. The summed E-state index contributed by atoms with van der Waals surface area (Å²) in [6.07, 6.45) is 7.85. The van der Waals surface area contributed by atoms with E-state index in [4.69, 9.17) is 9.15 Å². The van der Waals surface area contributed by atoms with E-state index in [1.54, 1.807) is 19.2 Å². The van der Waals surface area contributed by atoms with Crippen LogP contribution in [0.1, 0.15) is 40.3 Å². The first kappa shape index (κ1) is 22.2. The molecule has 9 heteroatoms. The molecule has 1 N–H and O–H groups in total. The summed E-state index contributed by atoms with van der Waals surface area (Å²) in [5.41, 5.74) is 2.07. The summed E-state index contributed by atoms with van der Waals surface area (Å²) in [6.45, 7) is 2.54. The van der Waals surface area contributed by atoms with Gasteiger partial charge in [-0.2, -0.15) is 0 Å². The fourth-order valence-electron chi connectivity index (χ4n) is 3.26. The summed E-state index contributed by atoms with van der Waals surface area (Å²) < 4.78 is 26.5. The molecule has 0 spiro atoms. The Hall–Kier alpha value is -4.01. The Kier molecular flexibility index (Phi) is 7.09. The zero-order chi connectivity index (χ0) is 23.0. The van der Waals surface area contributed by atoms with Crippen molar-refractivity contribution in [1.82, 2.24) is 20.0 Å². The number of carbonyl (C=O) groups excluding carboxylic acids is 1. The summed E-state index contributed by atoms with van der Waals surface area (Å²) in [5, 5.41) is 10.4. The highest BCUT2D eigenvalue weighted by Crippen LogP contribution is 2.19. The molecule has 0 aliphatic rings. The highest BCUT2D eigenvalue weighted by molar-refractivity contribution is 6.03. The van der Waals surface area contributed by atoms with Crippen molar-refractivity contribution in [2.75, 3.05) is 5.32 Å². The number of oxazole rings is 1. The number of unbranched alkanes of at least 4 members (excludes halogenated alkanes) is 1. The van der Waals surface area contributed by atoms with Gasteiger partial charge in [0.2, 0.25) is 5.89 Å². The largest absolute Gasteiger partial charge is 0.484 e. The quantitative estimate of drug-likeness (QED) is 0.357. The monoisotopic (exact) mass is 449 g/mol. The normalized spacial score (nSPS) is 10.8. The van der Waals surface area contributed by atoms with Gasteiger partial charge in [0.1, 0.15) is 17.8 Å². The van der Waals surface area contributed by atoms with E-state index in [0.29, 0.717) is 17.0 Å². The van der Waals surface area contributed by atoms with Crippen LogP contribution in [0.2, 0.25) is 0 Å². The van der Waals surface area contributed by atoms with Gasteiger partial charge in [0.25, 0.3) is 5.91 Å². The fourth-order valence-corrected chi connectivity index (χ4v) is 3.26. The van der Waals surface area contributed by atoms with Crippen LogP contribution >= 0.6 is 0 Å². The Morgan fingerprint density at radius 1 is 1.18 bits per heavy atom. The Bertz CT molecular complexity index is 1190. The molecule has 8 nitrogen and oxygen atoms in total. The van der Waals surface area contributed by atoms with Gasteiger partial charge in [0, 0.05) is 24.0 Å². The highest BCUT2D eigenvalue weighted by Gasteiger charge is 2.15. The average Bonchev–Trinajstić information content (AvgIpc) is 3.51. The van der Waals surface area contributed by atoms with Gasteiger partial charge in [0.05, 0.1) is 6.20 Å². The van der Waals surface area contributed by atoms with Crippen LogP contribution in [-0.4, -0.2) is 25.9 Å². The van der Waals surface area contributed by atoms with E-state index in [9.17, 15) is 9.18 Å². The third-order valence-electron chi connectivity index (χ3n) is 5.16. The van der Waals surface area contributed by atoms with E-state index in [1.165, 1.54) is 24.0 Å². The Labute approximate surface area is 190 Å². The lowest BCUT2D eigenvalue weighted by Gasteiger charge is -2.07. The van der Waals surface area contributed by atoms with Gasteiger partial charge in [-0.05, 0) is 56.0 Å². The smallest absolute Gasteiger partial charge is 0.277 e. The summed E-state index contributed by atoms with van der Waals surface area (Å²) in [7, 11) is 0. The third kappa shape index (κ3) is 6.03. The molecule has 170 valence electrons. The first-order valence-electron chi connectivity index (χ1n) is 10.7. The number of aryl methyl sites for hydroxylation is 2. The molecule has 1 amide bonds. The number of hydrogen-bond acceptors (Lipinski definition) is 6. The van der Waals surface area contributed by atoms with Gasteiger partial charge >= 0.3 is 0 Å². The number of ether oxygens (including phenoxy) is 1. The molecule has 0 saturated heterocycles. The zero-order valence-corrected chi connectivity index (χ0v) is 18.2. The molecular weight excluding hydrogens is 425 g/mol. The number of nitrogens with zero attached hydrogens (tertiary/aromatic N) is 4. The minimum atomic E-state index is -0.480. The van der Waals surface area contributed by atoms with E-state index in [-0.39, 0.29) is 24.0 Å². The van der Waals surface area contributed by atoms with Gasteiger partial charge in [-0.15, -0.1) is 5.10 Å². The standard InChI is InChI=1S/C24H24FN5O3/c1-17-20(25)6-4-7-21(17)28-24(31)22-15-33-23(27-22)16-32-19-10-8-18(9-11-19)5-2-3-13-30-14-12-26-29-30/h4,6-12,14-15H,2-3,5,13,16H2,1H3,(H,28,31). The SMILES string of the molecule is Cc1c(F)cccc1NC(=O)c1coc(COc2ccc(CCCCn3ccnn3)cc2)n1. The Morgan fingerprint density at radius 2 is 2.03 bits per heavy atom. The van der Waals surface area contributed by atoms with Gasteiger partial charge in [-0.3, -0.25) is 9.48 Å². The number of hydrogen-bond donors (Lipinski definition) is 1. The number of halogens is 1. The van der Waals surface area contributed by atoms with Crippen LogP contribution in [0.5, 0.6) is 5.75 Å². The fraction of sp³-hybridized carbons (Fsp3) is 0.250. The lowest BCUT2D eigenvalue weighted by Crippen LogP contribution is -2.13. The van der Waals surface area contributed by atoms with Crippen LogP contribution in [-0.2, 0) is 19.6 Å². The number of carbonyl (C=O) groups is 1. The molecule has 2 aromatic heterocycles. The Balaban J connectivity index is 1.23. The number of anilines is 1. The van der Waals surface area contributed by atoms with Crippen LogP contribution in [0.3, 0.4) is 0 Å². The number of benzene rings is 2. The Morgan fingerprint density at radius 3 is 2.82 bits per heavy atom. The molecule has 0 radical (unpaired) electrons. The lowest BCUT2D eigenvalue weighted by molar-refractivity contribution is 0.102. The second-order valence-corrected chi connectivity index (χ2v) is 7.55. The van der Waals surface area contributed by atoms with Crippen LogP contribution in [0.4, 0.5) is 10.1 Å². The second kappa shape index (κ2) is 10.5. The zero-order valence-electron chi connectivity index (χ0n) is 18.2. The number of aromatic nitrogens is 4. The summed E-state index contributed by atoms with van der Waals surface area (Å²) >= 11 is 0. The molecular formula is C24H24FN5O3. The first-order chi connectivity index (χ1) is 16.1. The minimum Gasteiger partial charge on any atom is -0.484 e. The van der Waals surface area contributed by atoms with E-state index in [0.717, 1.165) is 25.8 Å². The maximum Gasteiger partial charge on any atom is 0.277 e. The first-order valence-corrected chi connectivity index (χ1v) is 10.7. The number of nitrogens with one attached hydrogen (secondary N) is 1. The third-order valence-corrected chi connectivity index (χ3v) is 5.16. The molecule has 4 rings (SSSR count). The predicted molar refractivity (Wildman–Crippen MR) is 119 cm³/mol. The van der Waals surface area contributed by atoms with Crippen LogP contribution in [0.15, 0.2) is 65.5 Å². The van der Waals surface area contributed by atoms with E-state index >= 15 is 0 Å². The van der Waals surface area contributed by atoms with E-state index in [2.05, 4.69) is 20.6 Å². The molecule has 33 heavy (non-hydrogen) atoms. The van der Waals surface area contributed by atoms with Crippen molar-refractivity contribution in [2.24, 2.45) is 0 Å². The van der Waals surface area contributed by atoms with E-state index < -0.39 is 5.91 Å². The molecule has 0 bridgehead atoms. The van der Waals surface area contributed by atoms with Crippen molar-refractivity contribution in [1.29, 1.82) is 0 Å². The molecule has 0 atom stereocenters. The second-order valence-electron chi connectivity index (χ2n) is 7.55. The van der Waals surface area contributed by atoms with Crippen molar-refractivity contribution in [3.8, 4) is 5.75 Å². The molecule has 2 heterocycles. The summed E-state index contributed by atoms with van der Waals surface area (Å²) in [4.78, 5) is 16.5. The van der Waals surface area contributed by atoms with Gasteiger partial charge in [-0.1, -0.05) is 23.4 Å². The van der Waals surface area contributed by atoms with Crippen molar-refractivity contribution in [3.63, 3.8) is 0 Å².